The number of halogens is 1. The number of sulfonamides is 1. The Labute approximate surface area is 130 Å². The van der Waals surface area contributed by atoms with Crippen LogP contribution in [0.25, 0.3) is 0 Å². The molecular weight excluding hydrogens is 356 g/mol. The zero-order valence-electron chi connectivity index (χ0n) is 10.7. The Hall–Kier alpha value is -2.08. The van der Waals surface area contributed by atoms with Crippen molar-refractivity contribution in [2.24, 2.45) is 5.14 Å². The molecule has 8 heteroatoms. The number of hydrogen-bond acceptors (Lipinski definition) is 5. The van der Waals surface area contributed by atoms with E-state index in [-0.39, 0.29) is 10.6 Å². The molecule has 0 aliphatic heterocycles. The molecule has 0 amide bonds. The van der Waals surface area contributed by atoms with E-state index < -0.39 is 10.0 Å². The second kappa shape index (κ2) is 5.73. The molecule has 0 heterocycles. The highest BCUT2D eigenvalue weighted by Gasteiger charge is 2.11. The van der Waals surface area contributed by atoms with Crippen LogP contribution in [-0.4, -0.2) is 8.42 Å². The number of hydrogen-bond donors (Lipinski definition) is 3. The van der Waals surface area contributed by atoms with Crippen molar-refractivity contribution in [3.63, 3.8) is 0 Å². The highest BCUT2D eigenvalue weighted by molar-refractivity contribution is 9.10. The fourth-order valence-electron chi connectivity index (χ4n) is 1.69. The summed E-state index contributed by atoms with van der Waals surface area (Å²) in [6, 6.07) is 11.3. The van der Waals surface area contributed by atoms with Gasteiger partial charge < -0.3 is 11.1 Å². The van der Waals surface area contributed by atoms with Crippen LogP contribution in [-0.2, 0) is 10.0 Å². The lowest BCUT2D eigenvalue weighted by Crippen LogP contribution is -2.12. The lowest BCUT2D eigenvalue weighted by Gasteiger charge is -2.12. The molecule has 0 fully saturated rings. The summed E-state index contributed by atoms with van der Waals surface area (Å²) in [4.78, 5) is -0.0692. The summed E-state index contributed by atoms with van der Waals surface area (Å²) in [7, 11) is -3.80. The van der Waals surface area contributed by atoms with Gasteiger partial charge in [0.2, 0.25) is 10.0 Å². The molecule has 0 saturated heterocycles. The second-order valence-electron chi connectivity index (χ2n) is 4.22. The van der Waals surface area contributed by atoms with Crippen molar-refractivity contribution in [3.05, 3.63) is 46.4 Å². The van der Waals surface area contributed by atoms with Gasteiger partial charge in [0.25, 0.3) is 0 Å². The topological polar surface area (TPSA) is 122 Å². The van der Waals surface area contributed by atoms with Gasteiger partial charge in [0.1, 0.15) is 6.07 Å². The third kappa shape index (κ3) is 3.52. The molecule has 0 bridgehead atoms. The Morgan fingerprint density at radius 3 is 2.43 bits per heavy atom. The Morgan fingerprint density at radius 2 is 1.86 bits per heavy atom. The highest BCUT2D eigenvalue weighted by atomic mass is 79.9. The maximum Gasteiger partial charge on any atom is 0.238 e. The summed E-state index contributed by atoms with van der Waals surface area (Å²) in [5.74, 6) is 0. The monoisotopic (exact) mass is 366 g/mol. The fourth-order valence-corrected chi connectivity index (χ4v) is 2.60. The van der Waals surface area contributed by atoms with Gasteiger partial charge in [0.05, 0.1) is 27.5 Å². The van der Waals surface area contributed by atoms with E-state index in [1.807, 2.05) is 0 Å². The van der Waals surface area contributed by atoms with Crippen molar-refractivity contribution in [1.29, 1.82) is 5.26 Å². The molecule has 2 aromatic carbocycles. The van der Waals surface area contributed by atoms with E-state index >= 15 is 0 Å². The van der Waals surface area contributed by atoms with E-state index in [9.17, 15) is 8.42 Å². The van der Waals surface area contributed by atoms with Crippen LogP contribution < -0.4 is 16.2 Å². The minimum absolute atomic E-state index is 0.0692. The third-order valence-corrected chi connectivity index (χ3v) is 4.13. The van der Waals surface area contributed by atoms with Crippen molar-refractivity contribution in [1.82, 2.24) is 0 Å². The molecule has 0 spiro atoms. The Balaban J connectivity index is 2.42. The molecule has 0 aliphatic rings. The lowest BCUT2D eigenvalue weighted by atomic mass is 10.2. The predicted molar refractivity (Wildman–Crippen MR) is 84.4 cm³/mol. The van der Waals surface area contributed by atoms with Crippen LogP contribution in [0.2, 0.25) is 0 Å². The van der Waals surface area contributed by atoms with Crippen molar-refractivity contribution < 1.29 is 8.42 Å². The SMILES string of the molecule is N#Cc1ccc(Br)cc1Nc1ccc(S(N)(=O)=O)cc1N. The Kier molecular flexibility index (Phi) is 4.18. The van der Waals surface area contributed by atoms with E-state index in [1.54, 1.807) is 18.2 Å². The Morgan fingerprint density at radius 1 is 1.14 bits per heavy atom. The van der Waals surface area contributed by atoms with E-state index in [1.165, 1.54) is 18.2 Å². The van der Waals surface area contributed by atoms with E-state index in [0.717, 1.165) is 4.47 Å². The number of benzene rings is 2. The summed E-state index contributed by atoms with van der Waals surface area (Å²) in [5.41, 5.74) is 7.51. The van der Waals surface area contributed by atoms with Crippen LogP contribution in [0.3, 0.4) is 0 Å². The van der Waals surface area contributed by atoms with Gasteiger partial charge in [-0.25, -0.2) is 13.6 Å². The number of anilines is 3. The van der Waals surface area contributed by atoms with Gasteiger partial charge in [-0.2, -0.15) is 5.26 Å². The van der Waals surface area contributed by atoms with Crippen LogP contribution in [0.5, 0.6) is 0 Å². The van der Waals surface area contributed by atoms with Gasteiger partial charge in [-0.15, -0.1) is 0 Å². The minimum atomic E-state index is -3.80. The first-order chi connectivity index (χ1) is 9.81. The lowest BCUT2D eigenvalue weighted by molar-refractivity contribution is 0.598. The van der Waals surface area contributed by atoms with Crippen LogP contribution >= 0.6 is 15.9 Å². The molecule has 2 rings (SSSR count). The molecule has 5 N–H and O–H groups in total. The standard InChI is InChI=1S/C13H11BrN4O2S/c14-9-2-1-8(7-15)13(5-9)18-12-4-3-10(6-11(12)16)21(17,19)20/h1-6,18H,16H2,(H2,17,19,20). The molecule has 108 valence electrons. The first kappa shape index (κ1) is 15.3. The fraction of sp³-hybridized carbons (Fsp3) is 0. The maximum absolute atomic E-state index is 11.3. The molecule has 6 nitrogen and oxygen atoms in total. The number of nitriles is 1. The smallest absolute Gasteiger partial charge is 0.238 e. The number of rotatable bonds is 3. The number of nitrogen functional groups attached to an aromatic ring is 1. The maximum atomic E-state index is 11.3. The molecule has 0 saturated carbocycles. The quantitative estimate of drug-likeness (QED) is 0.719. The first-order valence-corrected chi connectivity index (χ1v) is 8.04. The molecular formula is C13H11BrN4O2S. The largest absolute Gasteiger partial charge is 0.397 e. The van der Waals surface area contributed by atoms with Gasteiger partial charge in [-0.3, -0.25) is 0 Å². The molecule has 0 aromatic heterocycles. The van der Waals surface area contributed by atoms with Gasteiger partial charge in [0, 0.05) is 4.47 Å². The van der Waals surface area contributed by atoms with E-state index in [4.69, 9.17) is 16.1 Å². The zero-order valence-corrected chi connectivity index (χ0v) is 13.1. The van der Waals surface area contributed by atoms with Crippen molar-refractivity contribution >= 4 is 43.0 Å². The van der Waals surface area contributed by atoms with Crippen molar-refractivity contribution in [2.45, 2.75) is 4.90 Å². The molecule has 0 unspecified atom stereocenters. The average molecular weight is 367 g/mol. The second-order valence-corrected chi connectivity index (χ2v) is 6.70. The normalized spacial score (nSPS) is 10.9. The molecule has 0 radical (unpaired) electrons. The summed E-state index contributed by atoms with van der Waals surface area (Å²) in [6.07, 6.45) is 0. The first-order valence-electron chi connectivity index (χ1n) is 5.70. The van der Waals surface area contributed by atoms with Crippen molar-refractivity contribution in [2.75, 3.05) is 11.1 Å². The summed E-state index contributed by atoms with van der Waals surface area (Å²) in [6.45, 7) is 0. The number of primary sulfonamides is 1. The third-order valence-electron chi connectivity index (χ3n) is 2.72. The average Bonchev–Trinajstić information content (AvgIpc) is 2.40. The van der Waals surface area contributed by atoms with Crippen LogP contribution in [0.4, 0.5) is 17.1 Å². The zero-order chi connectivity index (χ0) is 15.6. The molecule has 2 aromatic rings. The van der Waals surface area contributed by atoms with Gasteiger partial charge in [-0.1, -0.05) is 15.9 Å². The predicted octanol–water partition coefficient (Wildman–Crippen LogP) is 2.29. The van der Waals surface area contributed by atoms with Crippen LogP contribution in [0.15, 0.2) is 45.8 Å². The molecule has 0 aliphatic carbocycles. The number of nitrogens with one attached hydrogen (secondary N) is 1. The Bertz CT molecular complexity index is 844. The summed E-state index contributed by atoms with van der Waals surface area (Å²) < 4.78 is 23.3. The highest BCUT2D eigenvalue weighted by Crippen LogP contribution is 2.29. The molecule has 21 heavy (non-hydrogen) atoms. The summed E-state index contributed by atoms with van der Waals surface area (Å²) >= 11 is 3.32. The van der Waals surface area contributed by atoms with Gasteiger partial charge in [-0.05, 0) is 36.4 Å². The van der Waals surface area contributed by atoms with Crippen molar-refractivity contribution in [3.8, 4) is 6.07 Å². The van der Waals surface area contributed by atoms with E-state index in [0.29, 0.717) is 16.9 Å². The van der Waals surface area contributed by atoms with Crippen LogP contribution in [0, 0.1) is 11.3 Å². The van der Waals surface area contributed by atoms with E-state index in [2.05, 4.69) is 27.3 Å². The van der Waals surface area contributed by atoms with Gasteiger partial charge in [0.15, 0.2) is 0 Å². The van der Waals surface area contributed by atoms with Crippen LogP contribution in [0.1, 0.15) is 5.56 Å². The summed E-state index contributed by atoms with van der Waals surface area (Å²) in [5, 5.41) is 17.1. The number of nitrogens with zero attached hydrogens (tertiary/aromatic N) is 1. The van der Waals surface area contributed by atoms with Gasteiger partial charge >= 0.3 is 0 Å². The number of nitrogens with two attached hydrogens (primary N) is 2. The minimum Gasteiger partial charge on any atom is -0.397 e. The molecule has 0 atom stereocenters.